The average molecular weight is 324 g/mol. The predicted molar refractivity (Wildman–Crippen MR) is 99.0 cm³/mol. The predicted octanol–water partition coefficient (Wildman–Crippen LogP) is 4.20. The lowest BCUT2D eigenvalue weighted by Crippen LogP contribution is -2.17. The molecule has 0 aromatic heterocycles. The molecule has 0 spiro atoms. The van der Waals surface area contributed by atoms with Crippen LogP contribution in [0.15, 0.2) is 36.4 Å². The molecule has 4 N–H and O–H groups in total. The molecular weight excluding hydrogens is 300 g/mol. The highest BCUT2D eigenvalue weighted by Crippen LogP contribution is 2.37. The maximum atomic E-state index is 12.8. The molecule has 4 nitrogen and oxygen atoms in total. The topological polar surface area (TPSA) is 86.2 Å². The van der Waals surface area contributed by atoms with Crippen molar-refractivity contribution in [1.29, 1.82) is 0 Å². The summed E-state index contributed by atoms with van der Waals surface area (Å²) < 4.78 is 0. The maximum absolute atomic E-state index is 12.8. The van der Waals surface area contributed by atoms with E-state index in [1.807, 2.05) is 45.9 Å². The summed E-state index contributed by atoms with van der Waals surface area (Å²) in [6.45, 7) is 7.30. The summed E-state index contributed by atoms with van der Waals surface area (Å²) in [4.78, 5) is 25.5. The molecule has 126 valence electrons. The van der Waals surface area contributed by atoms with Gasteiger partial charge in [-0.3, -0.25) is 9.59 Å². The fourth-order valence-corrected chi connectivity index (χ4v) is 2.69. The lowest BCUT2D eigenvalue weighted by atomic mass is 9.84. The number of nitrogen functional groups attached to an aromatic ring is 2. The van der Waals surface area contributed by atoms with E-state index in [4.69, 9.17) is 11.5 Å². The minimum absolute atomic E-state index is 0.0361. The van der Waals surface area contributed by atoms with Crippen molar-refractivity contribution in [3.8, 4) is 11.1 Å². The van der Waals surface area contributed by atoms with E-state index in [0.29, 0.717) is 33.6 Å². The van der Waals surface area contributed by atoms with Crippen LogP contribution in [0.5, 0.6) is 0 Å². The summed E-state index contributed by atoms with van der Waals surface area (Å²) in [5, 5.41) is 0. The fraction of sp³-hybridized carbons (Fsp3) is 0.300. The molecule has 0 aliphatic heterocycles. The number of ketones is 2. The molecule has 0 amide bonds. The van der Waals surface area contributed by atoms with Crippen LogP contribution in [0.3, 0.4) is 0 Å². The highest BCUT2D eigenvalue weighted by molar-refractivity contribution is 6.15. The van der Waals surface area contributed by atoms with Crippen molar-refractivity contribution >= 4 is 22.9 Å². The van der Waals surface area contributed by atoms with Crippen molar-refractivity contribution in [3.05, 3.63) is 47.5 Å². The van der Waals surface area contributed by atoms with E-state index in [9.17, 15) is 9.59 Å². The maximum Gasteiger partial charge on any atom is 0.168 e. The molecule has 24 heavy (non-hydrogen) atoms. The molecular formula is C20H24N2O2. The van der Waals surface area contributed by atoms with E-state index in [1.165, 1.54) is 0 Å². The van der Waals surface area contributed by atoms with Gasteiger partial charge in [0, 0.05) is 45.5 Å². The Morgan fingerprint density at radius 1 is 0.792 bits per heavy atom. The van der Waals surface area contributed by atoms with Gasteiger partial charge in [0.05, 0.1) is 0 Å². The molecule has 0 aliphatic carbocycles. The van der Waals surface area contributed by atoms with Crippen molar-refractivity contribution in [2.45, 2.75) is 27.7 Å². The Kier molecular flexibility index (Phi) is 5.07. The van der Waals surface area contributed by atoms with Crippen LogP contribution in [0, 0.1) is 11.8 Å². The number of Topliss-reactive ketones (excluding diaryl/α,β-unsaturated/α-hetero) is 2. The number of rotatable bonds is 5. The van der Waals surface area contributed by atoms with Gasteiger partial charge in [0.1, 0.15) is 0 Å². The van der Waals surface area contributed by atoms with Crippen LogP contribution in [0.4, 0.5) is 11.4 Å². The largest absolute Gasteiger partial charge is 0.398 e. The summed E-state index contributed by atoms with van der Waals surface area (Å²) in [6, 6.07) is 10.6. The molecule has 2 aromatic rings. The first-order valence-electron chi connectivity index (χ1n) is 8.11. The Hall–Kier alpha value is -2.62. The van der Waals surface area contributed by atoms with Gasteiger partial charge in [-0.15, -0.1) is 0 Å². The Bertz CT molecular complexity index is 792. The van der Waals surface area contributed by atoms with Crippen molar-refractivity contribution in [3.63, 3.8) is 0 Å². The summed E-state index contributed by atoms with van der Waals surface area (Å²) in [5.41, 5.74) is 15.2. The zero-order chi connectivity index (χ0) is 18.0. The number of para-hydroxylation sites is 1. The van der Waals surface area contributed by atoms with Crippen LogP contribution in [-0.2, 0) is 0 Å². The zero-order valence-electron chi connectivity index (χ0n) is 14.6. The standard InChI is InChI=1S/C20H24N2O2/c1-11(2)19(23)14-9-10-16(22)18(20(24)12(3)4)17(14)13-7-5-6-8-15(13)21/h5-12H,21-22H2,1-4H3. The molecule has 0 saturated heterocycles. The smallest absolute Gasteiger partial charge is 0.168 e. The van der Waals surface area contributed by atoms with E-state index in [-0.39, 0.29) is 23.4 Å². The number of benzene rings is 2. The van der Waals surface area contributed by atoms with Crippen molar-refractivity contribution in [2.24, 2.45) is 11.8 Å². The minimum atomic E-state index is -0.236. The van der Waals surface area contributed by atoms with E-state index in [2.05, 4.69) is 0 Å². The van der Waals surface area contributed by atoms with Gasteiger partial charge >= 0.3 is 0 Å². The molecule has 0 saturated carbocycles. The lowest BCUT2D eigenvalue weighted by Gasteiger charge is -2.19. The third-order valence-electron chi connectivity index (χ3n) is 4.03. The molecule has 4 heteroatoms. The zero-order valence-corrected chi connectivity index (χ0v) is 14.6. The first-order chi connectivity index (χ1) is 11.3. The van der Waals surface area contributed by atoms with Crippen molar-refractivity contribution in [1.82, 2.24) is 0 Å². The van der Waals surface area contributed by atoms with Crippen LogP contribution in [0.1, 0.15) is 48.4 Å². The Balaban J connectivity index is 2.90. The number of hydrogen-bond donors (Lipinski definition) is 2. The minimum Gasteiger partial charge on any atom is -0.398 e. The third kappa shape index (κ3) is 3.18. The Morgan fingerprint density at radius 3 is 1.92 bits per heavy atom. The van der Waals surface area contributed by atoms with Crippen LogP contribution in [0.2, 0.25) is 0 Å². The van der Waals surface area contributed by atoms with Gasteiger partial charge < -0.3 is 11.5 Å². The van der Waals surface area contributed by atoms with Crippen LogP contribution in [-0.4, -0.2) is 11.6 Å². The second kappa shape index (κ2) is 6.87. The van der Waals surface area contributed by atoms with E-state index < -0.39 is 0 Å². The lowest BCUT2D eigenvalue weighted by molar-refractivity contribution is 0.0940. The summed E-state index contributed by atoms with van der Waals surface area (Å²) >= 11 is 0. The van der Waals surface area contributed by atoms with Crippen LogP contribution >= 0.6 is 0 Å². The van der Waals surface area contributed by atoms with Gasteiger partial charge in [-0.05, 0) is 18.2 Å². The fourth-order valence-electron chi connectivity index (χ4n) is 2.69. The van der Waals surface area contributed by atoms with E-state index >= 15 is 0 Å². The van der Waals surface area contributed by atoms with Crippen LogP contribution in [0.25, 0.3) is 11.1 Å². The SMILES string of the molecule is CC(C)C(=O)c1ccc(N)c(C(=O)C(C)C)c1-c1ccccc1N. The Morgan fingerprint density at radius 2 is 1.38 bits per heavy atom. The number of hydrogen-bond acceptors (Lipinski definition) is 4. The molecule has 0 radical (unpaired) electrons. The van der Waals surface area contributed by atoms with Crippen molar-refractivity contribution < 1.29 is 9.59 Å². The summed E-state index contributed by atoms with van der Waals surface area (Å²) in [5.74, 6) is -0.560. The summed E-state index contributed by atoms with van der Waals surface area (Å²) in [7, 11) is 0. The average Bonchev–Trinajstić information content (AvgIpc) is 2.53. The third-order valence-corrected chi connectivity index (χ3v) is 4.03. The van der Waals surface area contributed by atoms with Crippen LogP contribution < -0.4 is 11.5 Å². The highest BCUT2D eigenvalue weighted by atomic mass is 16.1. The number of anilines is 2. The molecule has 0 unspecified atom stereocenters. The molecule has 0 bridgehead atoms. The number of carbonyl (C=O) groups excluding carboxylic acids is 2. The van der Waals surface area contributed by atoms with Gasteiger partial charge in [-0.1, -0.05) is 45.9 Å². The molecule has 2 rings (SSSR count). The van der Waals surface area contributed by atoms with Crippen molar-refractivity contribution in [2.75, 3.05) is 11.5 Å². The monoisotopic (exact) mass is 324 g/mol. The van der Waals surface area contributed by atoms with Gasteiger partial charge in [0.25, 0.3) is 0 Å². The second-order valence-corrected chi connectivity index (χ2v) is 6.58. The second-order valence-electron chi connectivity index (χ2n) is 6.58. The van der Waals surface area contributed by atoms with Gasteiger partial charge in [0.15, 0.2) is 11.6 Å². The first-order valence-corrected chi connectivity index (χ1v) is 8.11. The number of nitrogens with two attached hydrogens (primary N) is 2. The van der Waals surface area contributed by atoms with Gasteiger partial charge in [-0.25, -0.2) is 0 Å². The molecule has 2 aromatic carbocycles. The first kappa shape index (κ1) is 17.7. The quantitative estimate of drug-likeness (QED) is 0.637. The van der Waals surface area contributed by atoms with E-state index in [1.54, 1.807) is 18.2 Å². The molecule has 0 fully saturated rings. The normalized spacial score (nSPS) is 11.1. The summed E-state index contributed by atoms with van der Waals surface area (Å²) in [6.07, 6.45) is 0. The molecule has 0 atom stereocenters. The van der Waals surface area contributed by atoms with E-state index in [0.717, 1.165) is 0 Å². The van der Waals surface area contributed by atoms with Gasteiger partial charge in [-0.2, -0.15) is 0 Å². The van der Waals surface area contributed by atoms with Gasteiger partial charge in [0.2, 0.25) is 0 Å². The molecule has 0 aliphatic rings. The Labute approximate surface area is 142 Å². The highest BCUT2D eigenvalue weighted by Gasteiger charge is 2.26. The number of carbonyl (C=O) groups is 2. The molecule has 0 heterocycles.